The van der Waals surface area contributed by atoms with Crippen molar-refractivity contribution in [1.82, 2.24) is 5.32 Å². The first kappa shape index (κ1) is 11.4. The molecule has 0 saturated carbocycles. The van der Waals surface area contributed by atoms with E-state index in [9.17, 15) is 0 Å². The minimum Gasteiger partial charge on any atom is -0.329 e. The summed E-state index contributed by atoms with van der Waals surface area (Å²) in [6.45, 7) is 7.42. The molecule has 2 nitrogen and oxygen atoms in total. The third-order valence-corrected chi connectivity index (χ3v) is 3.33. The standard InChI is InChI=1S/C11H18N2S/c1-3-4-6-13-10(8-12)11-9(2)5-7-14-11/h3,5,7,10,13H,1,4,6,8,12H2,2H3. The summed E-state index contributed by atoms with van der Waals surface area (Å²) in [5.41, 5.74) is 7.06. The predicted octanol–water partition coefficient (Wildman–Crippen LogP) is 2.22. The minimum atomic E-state index is 0.301. The molecule has 78 valence electrons. The molecule has 1 heterocycles. The zero-order valence-corrected chi connectivity index (χ0v) is 9.44. The zero-order valence-electron chi connectivity index (χ0n) is 8.62. The van der Waals surface area contributed by atoms with Crippen molar-refractivity contribution in [1.29, 1.82) is 0 Å². The molecular weight excluding hydrogens is 192 g/mol. The van der Waals surface area contributed by atoms with Crippen LogP contribution in [0.1, 0.15) is 22.9 Å². The number of hydrogen-bond acceptors (Lipinski definition) is 3. The number of nitrogens with two attached hydrogens (primary N) is 1. The summed E-state index contributed by atoms with van der Waals surface area (Å²) in [6.07, 6.45) is 2.91. The highest BCUT2D eigenvalue weighted by Crippen LogP contribution is 2.22. The third kappa shape index (κ3) is 2.94. The van der Waals surface area contributed by atoms with Crippen LogP contribution in [0.3, 0.4) is 0 Å². The second-order valence-electron chi connectivity index (χ2n) is 3.29. The maximum absolute atomic E-state index is 5.73. The highest BCUT2D eigenvalue weighted by molar-refractivity contribution is 7.10. The van der Waals surface area contributed by atoms with Gasteiger partial charge in [0.1, 0.15) is 0 Å². The van der Waals surface area contributed by atoms with Gasteiger partial charge in [-0.2, -0.15) is 0 Å². The number of nitrogens with one attached hydrogen (secondary N) is 1. The van der Waals surface area contributed by atoms with Crippen molar-refractivity contribution >= 4 is 11.3 Å². The topological polar surface area (TPSA) is 38.0 Å². The summed E-state index contributed by atoms with van der Waals surface area (Å²) in [4.78, 5) is 1.36. The van der Waals surface area contributed by atoms with E-state index < -0.39 is 0 Å². The number of rotatable bonds is 6. The van der Waals surface area contributed by atoms with Gasteiger partial charge in [0.15, 0.2) is 0 Å². The fourth-order valence-corrected chi connectivity index (χ4v) is 2.40. The van der Waals surface area contributed by atoms with Crippen molar-refractivity contribution in [2.45, 2.75) is 19.4 Å². The average molecular weight is 210 g/mol. The van der Waals surface area contributed by atoms with E-state index in [1.54, 1.807) is 11.3 Å². The Bertz CT molecular complexity index is 281. The summed E-state index contributed by atoms with van der Waals surface area (Å²) in [7, 11) is 0. The highest BCUT2D eigenvalue weighted by atomic mass is 32.1. The maximum Gasteiger partial charge on any atom is 0.0542 e. The SMILES string of the molecule is C=CCCNC(CN)c1sccc1C. The van der Waals surface area contributed by atoms with Crippen molar-refractivity contribution in [3.05, 3.63) is 34.5 Å². The van der Waals surface area contributed by atoms with Crippen LogP contribution >= 0.6 is 11.3 Å². The summed E-state index contributed by atoms with van der Waals surface area (Å²) < 4.78 is 0. The molecule has 1 rings (SSSR count). The lowest BCUT2D eigenvalue weighted by molar-refractivity contribution is 0.554. The quantitative estimate of drug-likeness (QED) is 0.558. The predicted molar refractivity (Wildman–Crippen MR) is 63.7 cm³/mol. The molecule has 0 spiro atoms. The molecule has 14 heavy (non-hydrogen) atoms. The normalized spacial score (nSPS) is 12.7. The van der Waals surface area contributed by atoms with Crippen molar-refractivity contribution in [2.24, 2.45) is 5.73 Å². The number of hydrogen-bond donors (Lipinski definition) is 2. The Kier molecular flexibility index (Phi) is 4.87. The largest absolute Gasteiger partial charge is 0.329 e. The van der Waals surface area contributed by atoms with Gasteiger partial charge in [-0.25, -0.2) is 0 Å². The molecule has 0 amide bonds. The fraction of sp³-hybridized carbons (Fsp3) is 0.455. The monoisotopic (exact) mass is 210 g/mol. The van der Waals surface area contributed by atoms with Crippen LogP contribution < -0.4 is 11.1 Å². The highest BCUT2D eigenvalue weighted by Gasteiger charge is 2.11. The van der Waals surface area contributed by atoms with Crippen LogP contribution in [-0.2, 0) is 0 Å². The first-order chi connectivity index (χ1) is 6.79. The van der Waals surface area contributed by atoms with Gasteiger partial charge < -0.3 is 11.1 Å². The summed E-state index contributed by atoms with van der Waals surface area (Å²) in [5, 5.41) is 5.54. The lowest BCUT2D eigenvalue weighted by Gasteiger charge is -2.15. The lowest BCUT2D eigenvalue weighted by atomic mass is 10.1. The van der Waals surface area contributed by atoms with Gasteiger partial charge in [0, 0.05) is 11.4 Å². The van der Waals surface area contributed by atoms with E-state index in [-0.39, 0.29) is 0 Å². The van der Waals surface area contributed by atoms with Crippen LogP contribution in [0.15, 0.2) is 24.1 Å². The molecule has 0 fully saturated rings. The van der Waals surface area contributed by atoms with E-state index >= 15 is 0 Å². The summed E-state index contributed by atoms with van der Waals surface area (Å²) >= 11 is 1.77. The van der Waals surface area contributed by atoms with Crippen LogP contribution in [0.2, 0.25) is 0 Å². The van der Waals surface area contributed by atoms with E-state index in [0.29, 0.717) is 12.6 Å². The molecule has 3 N–H and O–H groups in total. The Morgan fingerprint density at radius 1 is 1.71 bits per heavy atom. The molecule has 0 saturated heterocycles. The molecule has 1 aromatic rings. The van der Waals surface area contributed by atoms with E-state index in [2.05, 4.69) is 30.3 Å². The molecule has 0 aliphatic heterocycles. The zero-order chi connectivity index (χ0) is 10.4. The fourth-order valence-electron chi connectivity index (χ4n) is 1.38. The molecule has 0 aromatic carbocycles. The van der Waals surface area contributed by atoms with Crippen molar-refractivity contribution in [2.75, 3.05) is 13.1 Å². The molecule has 0 aliphatic rings. The second kappa shape index (κ2) is 5.96. The second-order valence-corrected chi connectivity index (χ2v) is 4.24. The van der Waals surface area contributed by atoms with Crippen LogP contribution in [-0.4, -0.2) is 13.1 Å². The number of aryl methyl sites for hydroxylation is 1. The van der Waals surface area contributed by atoms with Gasteiger partial charge in [-0.05, 0) is 36.9 Å². The summed E-state index contributed by atoms with van der Waals surface area (Å²) in [6, 6.07) is 2.44. The van der Waals surface area contributed by atoms with E-state index in [1.807, 2.05) is 6.08 Å². The van der Waals surface area contributed by atoms with E-state index in [0.717, 1.165) is 13.0 Å². The van der Waals surface area contributed by atoms with Gasteiger partial charge in [-0.3, -0.25) is 0 Å². The minimum absolute atomic E-state index is 0.301. The Morgan fingerprint density at radius 3 is 3.00 bits per heavy atom. The first-order valence-electron chi connectivity index (χ1n) is 4.88. The Balaban J connectivity index is 2.54. The van der Waals surface area contributed by atoms with E-state index in [1.165, 1.54) is 10.4 Å². The molecule has 1 atom stereocenters. The number of thiophene rings is 1. The van der Waals surface area contributed by atoms with Gasteiger partial charge in [0.2, 0.25) is 0 Å². The van der Waals surface area contributed by atoms with Gasteiger partial charge in [0.25, 0.3) is 0 Å². The third-order valence-electron chi connectivity index (χ3n) is 2.19. The summed E-state index contributed by atoms with van der Waals surface area (Å²) in [5.74, 6) is 0. The van der Waals surface area contributed by atoms with Crippen LogP contribution in [0.25, 0.3) is 0 Å². The van der Waals surface area contributed by atoms with Crippen LogP contribution in [0.5, 0.6) is 0 Å². The molecule has 0 aliphatic carbocycles. The van der Waals surface area contributed by atoms with E-state index in [4.69, 9.17) is 5.73 Å². The molecule has 1 unspecified atom stereocenters. The molecule has 0 bridgehead atoms. The van der Waals surface area contributed by atoms with Crippen molar-refractivity contribution < 1.29 is 0 Å². The van der Waals surface area contributed by atoms with Gasteiger partial charge in [-0.15, -0.1) is 17.9 Å². The lowest BCUT2D eigenvalue weighted by Crippen LogP contribution is -2.28. The Morgan fingerprint density at radius 2 is 2.50 bits per heavy atom. The Hall–Kier alpha value is -0.640. The molecular formula is C11H18N2S. The van der Waals surface area contributed by atoms with Gasteiger partial charge in [-0.1, -0.05) is 6.08 Å². The molecule has 0 radical (unpaired) electrons. The van der Waals surface area contributed by atoms with Crippen molar-refractivity contribution in [3.8, 4) is 0 Å². The van der Waals surface area contributed by atoms with Crippen LogP contribution in [0, 0.1) is 6.92 Å². The van der Waals surface area contributed by atoms with Gasteiger partial charge >= 0.3 is 0 Å². The maximum atomic E-state index is 5.73. The molecule has 1 aromatic heterocycles. The smallest absolute Gasteiger partial charge is 0.0542 e. The van der Waals surface area contributed by atoms with Crippen LogP contribution in [0.4, 0.5) is 0 Å². The Labute approximate surface area is 89.8 Å². The van der Waals surface area contributed by atoms with Gasteiger partial charge in [0.05, 0.1) is 6.04 Å². The first-order valence-corrected chi connectivity index (χ1v) is 5.76. The average Bonchev–Trinajstić information content (AvgIpc) is 2.60. The van der Waals surface area contributed by atoms with Crippen molar-refractivity contribution in [3.63, 3.8) is 0 Å². The molecule has 3 heteroatoms.